The van der Waals surface area contributed by atoms with Crippen LogP contribution in [0.2, 0.25) is 0 Å². The Kier molecular flexibility index (Phi) is 17.1. The molecule has 0 aliphatic rings. The molecular weight excluding hydrogens is 946 g/mol. The molecule has 0 bridgehead atoms. The maximum atomic E-state index is 16.3. The lowest BCUT2D eigenvalue weighted by Gasteiger charge is -2.49. The van der Waals surface area contributed by atoms with Gasteiger partial charge in [0.15, 0.2) is 0 Å². The SMILES string of the molecule is CC(C)OC(F)(F)C(F)(OC(C)(C)C(F)(F)C(F)(F)OC(C)(C)C(F)(F)CO)C(F)(F)OC(F)(F)C(F)(OC(C)(C)C(F)(F)C(F)(F)OC(C)(C)C(F)(F)CO)C(F)(F)OC(C)C. The predicted octanol–water partition coefficient (Wildman–Crippen LogP) is 10.4. The minimum atomic E-state index is -7.91. The molecule has 0 heterocycles. The Labute approximate surface area is 343 Å². The highest BCUT2D eigenvalue weighted by Gasteiger charge is 2.86. The maximum Gasteiger partial charge on any atom is 0.428 e. The number of aliphatic hydroxyl groups is 2. The molecule has 0 aromatic carbocycles. The lowest BCUT2D eigenvalue weighted by molar-refractivity contribution is -0.575. The molecule has 0 radical (unpaired) electrons. The first-order valence-corrected chi connectivity index (χ1v) is 17.2. The van der Waals surface area contributed by atoms with E-state index in [1.807, 2.05) is 0 Å². The highest BCUT2D eigenvalue weighted by molar-refractivity contribution is 5.04. The van der Waals surface area contributed by atoms with Crippen LogP contribution in [0.4, 0.5) is 96.6 Å². The van der Waals surface area contributed by atoms with E-state index in [1.165, 1.54) is 0 Å². The Morgan fingerprint density at radius 3 is 0.730 bits per heavy atom. The van der Waals surface area contributed by atoms with Crippen LogP contribution in [-0.2, 0) is 33.2 Å². The molecule has 0 aromatic rings. The number of rotatable bonds is 26. The summed E-state index contributed by atoms with van der Waals surface area (Å²) in [6, 6.07) is 0. The van der Waals surface area contributed by atoms with Gasteiger partial charge in [-0.05, 0) is 83.1 Å². The van der Waals surface area contributed by atoms with Crippen molar-refractivity contribution in [3.63, 3.8) is 0 Å². The van der Waals surface area contributed by atoms with Crippen molar-refractivity contribution >= 4 is 0 Å². The third-order valence-corrected chi connectivity index (χ3v) is 8.48. The van der Waals surface area contributed by atoms with Gasteiger partial charge in [-0.15, -0.1) is 0 Å². The van der Waals surface area contributed by atoms with Crippen molar-refractivity contribution in [3.05, 3.63) is 0 Å². The standard InChI is InChI=1S/C32H44F22O9/c1-15(2)57-29(47,48)25(41,59-19(9,10)23(37,38)27(43,44)61-17(5,6)21(33,34)13-55)31(51,52)63-32(53,54)26(42,30(49,50)58-16(3)4)60-20(11,12)24(39,40)28(45,46)62-18(7,8)22(35,36)14-56/h15-16,55-56H,13-14H2,1-12H3. The minimum Gasteiger partial charge on any atom is -0.390 e. The molecular formula is C32H44F22O9. The average Bonchev–Trinajstić information content (AvgIpc) is 3.00. The molecule has 0 spiro atoms. The molecule has 0 aliphatic carbocycles. The smallest absolute Gasteiger partial charge is 0.390 e. The van der Waals surface area contributed by atoms with E-state index in [9.17, 15) is 35.1 Å². The molecule has 2 N–H and O–H groups in total. The Bertz CT molecular complexity index is 1430. The summed E-state index contributed by atoms with van der Waals surface area (Å²) in [5.74, 6) is -38.3. The van der Waals surface area contributed by atoms with Gasteiger partial charge >= 0.3 is 60.2 Å². The molecule has 2 atom stereocenters. The van der Waals surface area contributed by atoms with Gasteiger partial charge in [-0.25, -0.2) is 22.3 Å². The summed E-state index contributed by atoms with van der Waals surface area (Å²) >= 11 is 0. The fraction of sp³-hybridized carbons (Fsp3) is 1.00. The summed E-state index contributed by atoms with van der Waals surface area (Å²) in [5, 5.41) is 17.5. The van der Waals surface area contributed by atoms with Gasteiger partial charge in [0.05, 0.1) is 12.2 Å². The molecule has 63 heavy (non-hydrogen) atoms. The lowest BCUT2D eigenvalue weighted by atomic mass is 9.96. The second-order valence-electron chi connectivity index (χ2n) is 16.0. The van der Waals surface area contributed by atoms with Gasteiger partial charge in [-0.2, -0.15) is 79.0 Å². The predicted molar refractivity (Wildman–Crippen MR) is 166 cm³/mol. The van der Waals surface area contributed by atoms with Crippen molar-refractivity contribution in [2.75, 3.05) is 13.2 Å². The zero-order valence-corrected chi connectivity index (χ0v) is 34.6. The summed E-state index contributed by atoms with van der Waals surface area (Å²) < 4.78 is 356. The van der Waals surface area contributed by atoms with E-state index in [4.69, 9.17) is 10.2 Å². The molecule has 0 fully saturated rings. The Hall–Kier alpha value is -1.90. The van der Waals surface area contributed by atoms with Crippen LogP contribution in [0, 0.1) is 0 Å². The number of halogens is 22. The van der Waals surface area contributed by atoms with E-state index in [0.717, 1.165) is 0 Å². The molecule has 31 heteroatoms. The van der Waals surface area contributed by atoms with E-state index >= 15 is 61.5 Å². The normalized spacial score (nSPS) is 18.0. The Morgan fingerprint density at radius 2 is 0.540 bits per heavy atom. The third-order valence-electron chi connectivity index (χ3n) is 8.48. The first kappa shape index (κ1) is 61.1. The topological polar surface area (TPSA) is 105 Å². The van der Waals surface area contributed by atoms with Gasteiger partial charge in [-0.3, -0.25) is 0 Å². The number of hydrogen-bond acceptors (Lipinski definition) is 9. The first-order chi connectivity index (χ1) is 27.0. The molecule has 0 saturated carbocycles. The van der Waals surface area contributed by atoms with E-state index in [2.05, 4.69) is 33.2 Å². The van der Waals surface area contributed by atoms with Gasteiger partial charge in [-0.1, -0.05) is 0 Å². The van der Waals surface area contributed by atoms with Crippen LogP contribution in [0.15, 0.2) is 0 Å². The molecule has 0 saturated heterocycles. The van der Waals surface area contributed by atoms with Crippen LogP contribution >= 0.6 is 0 Å². The van der Waals surface area contributed by atoms with Gasteiger partial charge in [0.25, 0.3) is 11.8 Å². The molecule has 0 rings (SSSR count). The van der Waals surface area contributed by atoms with Crippen LogP contribution in [-0.4, -0.2) is 130 Å². The van der Waals surface area contributed by atoms with E-state index < -0.39 is 148 Å². The van der Waals surface area contributed by atoms with Crippen molar-refractivity contribution < 1.29 is 140 Å². The highest BCUT2D eigenvalue weighted by atomic mass is 19.3. The van der Waals surface area contributed by atoms with Gasteiger partial charge in [0, 0.05) is 0 Å². The molecule has 380 valence electrons. The molecule has 0 amide bonds. The fourth-order valence-electron chi connectivity index (χ4n) is 4.44. The van der Waals surface area contributed by atoms with Gasteiger partial charge < -0.3 is 38.6 Å². The third kappa shape index (κ3) is 11.3. The van der Waals surface area contributed by atoms with E-state index in [0.29, 0.717) is 27.7 Å². The largest absolute Gasteiger partial charge is 0.428 e. The van der Waals surface area contributed by atoms with Crippen molar-refractivity contribution in [1.82, 2.24) is 0 Å². The number of ether oxygens (including phenoxy) is 7. The van der Waals surface area contributed by atoms with Crippen LogP contribution < -0.4 is 0 Å². The van der Waals surface area contributed by atoms with Crippen LogP contribution in [0.5, 0.6) is 0 Å². The van der Waals surface area contributed by atoms with Crippen LogP contribution in [0.1, 0.15) is 83.1 Å². The second-order valence-corrected chi connectivity index (χ2v) is 16.0. The quantitative estimate of drug-likeness (QED) is 0.0820. The first-order valence-electron chi connectivity index (χ1n) is 17.2. The molecule has 0 aromatic heterocycles. The Balaban J connectivity index is 8.03. The van der Waals surface area contributed by atoms with Crippen molar-refractivity contribution in [2.45, 2.75) is 190 Å². The summed E-state index contributed by atoms with van der Waals surface area (Å²) in [7, 11) is 0. The molecule has 2 unspecified atom stereocenters. The van der Waals surface area contributed by atoms with Crippen molar-refractivity contribution in [3.8, 4) is 0 Å². The molecule has 0 aliphatic heterocycles. The number of aliphatic hydroxyl groups excluding tert-OH is 2. The number of alkyl halides is 22. The number of hydrogen-bond donors (Lipinski definition) is 2. The average molecular weight is 991 g/mol. The summed E-state index contributed by atoms with van der Waals surface area (Å²) in [6.45, 7) is -7.11. The lowest BCUT2D eigenvalue weighted by Crippen LogP contribution is -2.73. The van der Waals surface area contributed by atoms with E-state index in [-0.39, 0.29) is 27.7 Å². The maximum absolute atomic E-state index is 16.3. The van der Waals surface area contributed by atoms with Crippen LogP contribution in [0.25, 0.3) is 0 Å². The fourth-order valence-corrected chi connectivity index (χ4v) is 4.44. The second kappa shape index (κ2) is 17.6. The zero-order valence-electron chi connectivity index (χ0n) is 34.6. The van der Waals surface area contributed by atoms with Gasteiger partial charge in [0.2, 0.25) is 0 Å². The summed E-state index contributed by atoms with van der Waals surface area (Å²) in [6.07, 6.45) is -47.9. The summed E-state index contributed by atoms with van der Waals surface area (Å²) in [4.78, 5) is 0. The van der Waals surface area contributed by atoms with E-state index in [1.54, 1.807) is 0 Å². The van der Waals surface area contributed by atoms with Crippen LogP contribution in [0.3, 0.4) is 0 Å². The van der Waals surface area contributed by atoms with Crippen molar-refractivity contribution in [2.24, 2.45) is 0 Å². The monoisotopic (exact) mass is 990 g/mol. The highest BCUT2D eigenvalue weighted by Crippen LogP contribution is 2.60. The zero-order chi connectivity index (χ0) is 51.5. The van der Waals surface area contributed by atoms with Crippen molar-refractivity contribution in [1.29, 1.82) is 0 Å². The Morgan fingerprint density at radius 1 is 0.317 bits per heavy atom. The van der Waals surface area contributed by atoms with Gasteiger partial charge in [0.1, 0.15) is 35.6 Å². The minimum absolute atomic E-state index is 0.124. The molecule has 9 nitrogen and oxygen atoms in total. The summed E-state index contributed by atoms with van der Waals surface area (Å²) in [5.41, 5.74) is -18.4.